The molecule has 7 rings (SSSR count). The van der Waals surface area contributed by atoms with Crippen LogP contribution in [0.4, 0.5) is 26.7 Å². The molecular formula is C57H69ClN12O10. The zero-order valence-electron chi connectivity index (χ0n) is 45.3. The summed E-state index contributed by atoms with van der Waals surface area (Å²) in [6.07, 6.45) is 1.33. The highest BCUT2D eigenvalue weighted by Gasteiger charge is 2.36. The molecule has 1 aromatic heterocycles. The van der Waals surface area contributed by atoms with Gasteiger partial charge in [-0.15, -0.1) is 11.6 Å². The number of amides is 10. The van der Waals surface area contributed by atoms with Gasteiger partial charge in [0.05, 0.1) is 11.7 Å². The number of aromatic amines is 1. The number of carbonyl (C=O) groups excluding carboxylic acids is 9. The number of nitrogens with zero attached hydrogens (tertiary/aromatic N) is 4. The average Bonchev–Trinajstić information content (AvgIpc) is 4.07. The van der Waals surface area contributed by atoms with Crippen molar-refractivity contribution >= 4 is 104 Å². The Morgan fingerprint density at radius 2 is 1.56 bits per heavy atom. The summed E-state index contributed by atoms with van der Waals surface area (Å²) in [5, 5.41) is 19.2. The molecule has 3 heterocycles. The van der Waals surface area contributed by atoms with E-state index >= 15 is 0 Å². The number of hydrogen-bond acceptors (Lipinski definition) is 12. The fraction of sp³-hybridized carbons (Fsp3) is 0.386. The van der Waals surface area contributed by atoms with Crippen LogP contribution >= 0.6 is 11.6 Å². The number of benzene rings is 4. The second kappa shape index (κ2) is 27.5. The van der Waals surface area contributed by atoms with Gasteiger partial charge in [-0.1, -0.05) is 44.7 Å². The highest BCUT2D eigenvalue weighted by molar-refractivity contribution is 6.19. The number of ether oxygens (including phenoxy) is 1. The molecule has 424 valence electrons. The van der Waals surface area contributed by atoms with E-state index in [0.717, 1.165) is 40.4 Å². The molecule has 0 saturated carbocycles. The molecule has 1 fully saturated rings. The van der Waals surface area contributed by atoms with Crippen LogP contribution in [0.3, 0.4) is 0 Å². The molecule has 10 amide bonds. The number of primary amides is 1. The van der Waals surface area contributed by atoms with Crippen molar-refractivity contribution in [1.29, 1.82) is 0 Å². The molecule has 80 heavy (non-hydrogen) atoms. The smallest absolute Gasteiger partial charge is 0.409 e. The van der Waals surface area contributed by atoms with E-state index in [4.69, 9.17) is 22.1 Å². The van der Waals surface area contributed by atoms with Gasteiger partial charge in [-0.2, -0.15) is 0 Å². The van der Waals surface area contributed by atoms with Crippen LogP contribution in [0.25, 0.3) is 21.7 Å². The number of likely N-dealkylation sites (N-methyl/N-ethyl adjacent to an activating group) is 1. The molecule has 23 heteroatoms. The van der Waals surface area contributed by atoms with E-state index in [0.29, 0.717) is 65.5 Å². The minimum atomic E-state index is -1.05. The molecule has 1 saturated heterocycles. The Labute approximate surface area is 468 Å². The molecule has 22 nitrogen and oxygen atoms in total. The maximum absolute atomic E-state index is 14.4. The fourth-order valence-corrected chi connectivity index (χ4v) is 9.95. The number of rotatable bonds is 23. The number of fused-ring (bicyclic) bond motifs is 4. The predicted molar refractivity (Wildman–Crippen MR) is 306 cm³/mol. The van der Waals surface area contributed by atoms with Crippen LogP contribution in [0.5, 0.6) is 5.75 Å². The first-order valence-corrected chi connectivity index (χ1v) is 27.1. The quantitative estimate of drug-likeness (QED) is 0.0237. The predicted octanol–water partition coefficient (Wildman–Crippen LogP) is 5.25. The molecule has 3 atom stereocenters. The third-order valence-electron chi connectivity index (χ3n) is 14.0. The molecule has 5 aromatic rings. The van der Waals surface area contributed by atoms with Gasteiger partial charge in [0.15, 0.2) is 0 Å². The Morgan fingerprint density at radius 1 is 0.850 bits per heavy atom. The maximum Gasteiger partial charge on any atom is 0.415 e. The number of nitrogens with one attached hydrogen (secondary N) is 7. The zero-order chi connectivity index (χ0) is 57.6. The van der Waals surface area contributed by atoms with Gasteiger partial charge in [0.2, 0.25) is 23.6 Å². The average molecular weight is 1120 g/mol. The Balaban J connectivity index is 0.957. The van der Waals surface area contributed by atoms with Crippen LogP contribution in [-0.2, 0) is 24.0 Å². The first kappa shape index (κ1) is 59.3. The Morgan fingerprint density at radius 3 is 2.24 bits per heavy atom. The van der Waals surface area contributed by atoms with E-state index in [1.807, 2.05) is 45.2 Å². The van der Waals surface area contributed by atoms with Crippen molar-refractivity contribution < 1.29 is 47.9 Å². The van der Waals surface area contributed by atoms with Gasteiger partial charge in [-0.05, 0) is 97.8 Å². The Kier molecular flexibility index (Phi) is 20.4. The molecule has 0 unspecified atom stereocenters. The second-order valence-corrected chi connectivity index (χ2v) is 20.4. The van der Waals surface area contributed by atoms with E-state index in [2.05, 4.69) is 48.4 Å². The molecule has 0 radical (unpaired) electrons. The number of carbonyl (C=O) groups is 9. The van der Waals surface area contributed by atoms with Gasteiger partial charge in [-0.25, -0.2) is 9.59 Å². The number of alkyl halides is 1. The lowest BCUT2D eigenvalue weighted by Crippen LogP contribution is -2.54. The standard InChI is InChI=1S/C57H69ClN12O10/c1-6-49(73)69(35(4)71)24-10-14-48(72)60-22-23-61-51(34(2)3)54(76)66-44(13-9-21-62-56(59)78)53(75)63-39-17-15-36(16-18-39)52(74)64-40-19-20-43-37(29-40)30-45(65-43)55(77)70-33-38(32-58)50-42-12-8-7-11-41(42)47(31-46(50)70)80-57(79)68-27-25-67(5)26-28-68/h6-8,11-12,15-20,29-31,34,38,44,51,61,65H,1,9-10,13-14,21-28,32-33H2,2-5H3,(H,60,72)(H,63,75)(H,64,74)(H,66,76)(H3,59,62,78)/t38-,44+,51+/m1/s1. The van der Waals surface area contributed by atoms with Crippen LogP contribution in [0.1, 0.15) is 78.8 Å². The van der Waals surface area contributed by atoms with E-state index in [-0.39, 0.29) is 80.5 Å². The number of halogens is 1. The van der Waals surface area contributed by atoms with Crippen molar-refractivity contribution in [2.75, 3.05) is 87.4 Å². The summed E-state index contributed by atoms with van der Waals surface area (Å²) in [6.45, 7) is 11.7. The molecule has 2 aliphatic rings. The monoisotopic (exact) mass is 1120 g/mol. The highest BCUT2D eigenvalue weighted by atomic mass is 35.5. The van der Waals surface area contributed by atoms with E-state index in [1.165, 1.54) is 19.1 Å². The van der Waals surface area contributed by atoms with Crippen LogP contribution < -0.4 is 47.3 Å². The fourth-order valence-electron chi connectivity index (χ4n) is 9.70. The second-order valence-electron chi connectivity index (χ2n) is 20.1. The van der Waals surface area contributed by atoms with Gasteiger partial charge in [0, 0.05) is 123 Å². The van der Waals surface area contributed by atoms with Crippen LogP contribution in [0.15, 0.2) is 91.5 Å². The van der Waals surface area contributed by atoms with Crippen LogP contribution in [-0.4, -0.2) is 157 Å². The van der Waals surface area contributed by atoms with Gasteiger partial charge < -0.3 is 62.1 Å². The van der Waals surface area contributed by atoms with E-state index in [1.54, 1.807) is 52.3 Å². The topological polar surface area (TPSA) is 290 Å². The Bertz CT molecular complexity index is 3140. The summed E-state index contributed by atoms with van der Waals surface area (Å²) in [5.74, 6) is -2.87. The van der Waals surface area contributed by atoms with Gasteiger partial charge in [-0.3, -0.25) is 38.5 Å². The number of nitrogens with two attached hydrogens (primary N) is 1. The lowest BCUT2D eigenvalue weighted by molar-refractivity contribution is -0.141. The number of piperazine rings is 1. The Hall–Kier alpha value is -8.34. The van der Waals surface area contributed by atoms with Gasteiger partial charge in [0.1, 0.15) is 17.5 Å². The van der Waals surface area contributed by atoms with Crippen molar-refractivity contribution in [3.63, 3.8) is 0 Å². The lowest BCUT2D eigenvalue weighted by Gasteiger charge is -2.31. The molecule has 0 bridgehead atoms. The van der Waals surface area contributed by atoms with E-state index in [9.17, 15) is 43.2 Å². The normalized spacial score (nSPS) is 14.9. The minimum absolute atomic E-state index is 0.0624. The van der Waals surface area contributed by atoms with E-state index < -0.39 is 53.7 Å². The first-order valence-electron chi connectivity index (χ1n) is 26.6. The maximum atomic E-state index is 14.4. The molecule has 4 aromatic carbocycles. The number of H-pyrrole nitrogens is 1. The number of hydrogen-bond donors (Lipinski definition) is 8. The zero-order valence-corrected chi connectivity index (χ0v) is 46.1. The molecule has 9 N–H and O–H groups in total. The first-order chi connectivity index (χ1) is 38.3. The summed E-state index contributed by atoms with van der Waals surface area (Å²) >= 11 is 6.56. The molecular weight excluding hydrogens is 1050 g/mol. The number of anilines is 3. The van der Waals surface area contributed by atoms with Crippen molar-refractivity contribution in [1.82, 2.24) is 41.0 Å². The highest BCUT2D eigenvalue weighted by Crippen LogP contribution is 2.46. The van der Waals surface area contributed by atoms with Crippen LogP contribution in [0.2, 0.25) is 0 Å². The van der Waals surface area contributed by atoms with Crippen molar-refractivity contribution in [2.45, 2.75) is 64.5 Å². The molecule has 0 aliphatic carbocycles. The van der Waals surface area contributed by atoms with Crippen molar-refractivity contribution in [3.05, 3.63) is 108 Å². The minimum Gasteiger partial charge on any atom is -0.409 e. The summed E-state index contributed by atoms with van der Waals surface area (Å²) in [6, 6.07) is 19.9. The summed E-state index contributed by atoms with van der Waals surface area (Å²) in [7, 11) is 2.01. The number of aromatic nitrogens is 1. The third kappa shape index (κ3) is 15.1. The molecule has 0 spiro atoms. The lowest BCUT2D eigenvalue weighted by atomic mass is 9.95. The summed E-state index contributed by atoms with van der Waals surface area (Å²) in [5.41, 5.74) is 8.79. The van der Waals surface area contributed by atoms with Crippen LogP contribution in [0, 0.1) is 5.92 Å². The molecule has 2 aliphatic heterocycles. The van der Waals surface area contributed by atoms with Crippen molar-refractivity contribution in [3.8, 4) is 5.75 Å². The SMILES string of the molecule is C=CC(=O)N(CCCC(=O)NCCN[C@H](C(=O)N[C@@H](CCCNC(N)=O)C(=O)Nc1ccc(C(=O)Nc2ccc3[nH]c(C(=O)N4C[C@@H](CCl)c5c4cc(OC(=O)N4CCN(C)CC4)c4ccccc54)cc3c2)cc1)C(C)C)C(C)=O. The largest absolute Gasteiger partial charge is 0.415 e. The van der Waals surface area contributed by atoms with Gasteiger partial charge >= 0.3 is 12.1 Å². The summed E-state index contributed by atoms with van der Waals surface area (Å²) < 4.78 is 6.06. The number of imide groups is 1. The third-order valence-corrected chi connectivity index (χ3v) is 14.4. The number of urea groups is 1. The van der Waals surface area contributed by atoms with Gasteiger partial charge in [0.25, 0.3) is 17.7 Å². The van der Waals surface area contributed by atoms with Crippen molar-refractivity contribution in [2.24, 2.45) is 11.7 Å². The summed E-state index contributed by atoms with van der Waals surface area (Å²) in [4.78, 5) is 126.